The molecule has 3 heteroatoms. The molecule has 2 atom stereocenters. The predicted molar refractivity (Wildman–Crippen MR) is 53.4 cm³/mol. The summed E-state index contributed by atoms with van der Waals surface area (Å²) < 4.78 is 12.9. The Morgan fingerprint density at radius 1 is 1.50 bits per heavy atom. The number of carbonyl (C=O) groups excluding carboxylic acids is 1. The molecule has 0 bridgehead atoms. The van der Waals surface area contributed by atoms with Crippen molar-refractivity contribution in [2.24, 2.45) is 5.41 Å². The van der Waals surface area contributed by atoms with Crippen LogP contribution < -0.4 is 0 Å². The molecule has 1 aromatic rings. The number of rotatable bonds is 2. The molecule has 1 fully saturated rings. The van der Waals surface area contributed by atoms with Gasteiger partial charge in [-0.1, -0.05) is 11.6 Å². The molecule has 0 amide bonds. The number of carbonyl (C=O) groups is 1. The van der Waals surface area contributed by atoms with Crippen molar-refractivity contribution < 1.29 is 9.18 Å². The second kappa shape index (κ2) is 3.06. The zero-order valence-corrected chi connectivity index (χ0v) is 8.51. The minimum atomic E-state index is -0.981. The van der Waals surface area contributed by atoms with Crippen LogP contribution in [0.1, 0.15) is 23.7 Å². The molecule has 0 spiro atoms. The van der Waals surface area contributed by atoms with Gasteiger partial charge in [-0.2, -0.15) is 0 Å². The molecule has 1 aliphatic carbocycles. The Balaban J connectivity index is 2.24. The van der Waals surface area contributed by atoms with E-state index in [4.69, 9.17) is 11.6 Å². The molecule has 74 valence electrons. The van der Waals surface area contributed by atoms with Crippen molar-refractivity contribution in [2.45, 2.75) is 19.5 Å². The average Bonchev–Trinajstić information content (AvgIpc) is 2.76. The van der Waals surface area contributed by atoms with Crippen LogP contribution in [0.3, 0.4) is 0 Å². The summed E-state index contributed by atoms with van der Waals surface area (Å²) in [5, 5.41) is 0.583. The van der Waals surface area contributed by atoms with Gasteiger partial charge in [0.15, 0.2) is 5.78 Å². The van der Waals surface area contributed by atoms with Crippen LogP contribution in [-0.2, 0) is 0 Å². The van der Waals surface area contributed by atoms with E-state index >= 15 is 0 Å². The first kappa shape index (κ1) is 9.66. The van der Waals surface area contributed by atoms with Gasteiger partial charge in [0.25, 0.3) is 0 Å². The summed E-state index contributed by atoms with van der Waals surface area (Å²) in [4.78, 5) is 11.8. The van der Waals surface area contributed by atoms with Gasteiger partial charge in [0.1, 0.15) is 6.17 Å². The van der Waals surface area contributed by atoms with E-state index in [9.17, 15) is 9.18 Å². The van der Waals surface area contributed by atoms with Gasteiger partial charge in [-0.15, -0.1) is 0 Å². The first-order chi connectivity index (χ1) is 6.54. The van der Waals surface area contributed by atoms with Crippen molar-refractivity contribution in [3.05, 3.63) is 34.9 Å². The third kappa shape index (κ3) is 1.44. The number of hydrogen-bond acceptors (Lipinski definition) is 1. The van der Waals surface area contributed by atoms with Crippen LogP contribution in [0.15, 0.2) is 24.3 Å². The van der Waals surface area contributed by atoms with E-state index in [0.29, 0.717) is 17.0 Å². The quantitative estimate of drug-likeness (QED) is 0.688. The van der Waals surface area contributed by atoms with Gasteiger partial charge >= 0.3 is 0 Å². The van der Waals surface area contributed by atoms with Crippen LogP contribution >= 0.6 is 11.6 Å². The summed E-state index contributed by atoms with van der Waals surface area (Å²) >= 11 is 5.69. The fraction of sp³-hybridized carbons (Fsp3) is 0.364. The van der Waals surface area contributed by atoms with E-state index in [1.54, 1.807) is 31.2 Å². The highest BCUT2D eigenvalue weighted by Gasteiger charge is 2.56. The van der Waals surface area contributed by atoms with Crippen molar-refractivity contribution in [3.63, 3.8) is 0 Å². The maximum absolute atomic E-state index is 12.9. The van der Waals surface area contributed by atoms with Crippen LogP contribution in [0.2, 0.25) is 5.02 Å². The van der Waals surface area contributed by atoms with E-state index in [1.807, 2.05) is 0 Å². The zero-order valence-electron chi connectivity index (χ0n) is 7.76. The number of benzene rings is 1. The molecule has 0 radical (unpaired) electrons. The highest BCUT2D eigenvalue weighted by molar-refractivity contribution is 6.30. The third-order valence-corrected chi connectivity index (χ3v) is 3.01. The predicted octanol–water partition coefficient (Wildman–Crippen LogP) is 3.27. The van der Waals surface area contributed by atoms with Crippen LogP contribution in [-0.4, -0.2) is 12.0 Å². The number of ketones is 1. The van der Waals surface area contributed by atoms with E-state index < -0.39 is 11.6 Å². The topological polar surface area (TPSA) is 17.1 Å². The summed E-state index contributed by atoms with van der Waals surface area (Å²) in [6.07, 6.45) is -0.639. The molecular formula is C11H10ClFO. The number of hydrogen-bond donors (Lipinski definition) is 0. The molecule has 1 aromatic carbocycles. The van der Waals surface area contributed by atoms with Crippen molar-refractivity contribution in [3.8, 4) is 0 Å². The summed E-state index contributed by atoms with van der Waals surface area (Å²) in [7, 11) is 0. The van der Waals surface area contributed by atoms with Crippen LogP contribution in [0, 0.1) is 5.41 Å². The van der Waals surface area contributed by atoms with E-state index in [2.05, 4.69) is 0 Å². The Labute approximate surface area is 86.9 Å². The molecule has 1 nitrogen and oxygen atoms in total. The number of Topliss-reactive ketones (excluding diaryl/α,β-unsaturated/α-hetero) is 1. The molecule has 0 heterocycles. The lowest BCUT2D eigenvalue weighted by Gasteiger charge is -2.06. The fourth-order valence-corrected chi connectivity index (χ4v) is 1.61. The second-order valence-corrected chi connectivity index (χ2v) is 4.36. The number of alkyl halides is 1. The van der Waals surface area contributed by atoms with Gasteiger partial charge < -0.3 is 0 Å². The largest absolute Gasteiger partial charge is 0.293 e. The Bertz CT molecular complexity index is 373. The lowest BCUT2D eigenvalue weighted by Crippen LogP contribution is -2.14. The Morgan fingerprint density at radius 2 is 2.00 bits per heavy atom. The molecule has 0 aromatic heterocycles. The second-order valence-electron chi connectivity index (χ2n) is 3.93. The van der Waals surface area contributed by atoms with Crippen molar-refractivity contribution in [1.29, 1.82) is 0 Å². The first-order valence-corrected chi connectivity index (χ1v) is 4.86. The molecule has 14 heavy (non-hydrogen) atoms. The molecule has 2 unspecified atom stereocenters. The van der Waals surface area contributed by atoms with Crippen molar-refractivity contribution in [2.75, 3.05) is 0 Å². The molecular weight excluding hydrogens is 203 g/mol. The molecule has 1 saturated carbocycles. The fourth-order valence-electron chi connectivity index (χ4n) is 1.48. The number of halogens is 2. The summed E-state index contributed by atoms with van der Waals surface area (Å²) in [6, 6.07) is 6.57. The zero-order chi connectivity index (χ0) is 10.3. The SMILES string of the molecule is CC1(C(=O)c2ccc(Cl)cc2)CC1F. The minimum Gasteiger partial charge on any atom is -0.293 e. The van der Waals surface area contributed by atoms with E-state index in [-0.39, 0.29) is 5.78 Å². The van der Waals surface area contributed by atoms with Crippen molar-refractivity contribution in [1.82, 2.24) is 0 Å². The first-order valence-electron chi connectivity index (χ1n) is 4.48. The summed E-state index contributed by atoms with van der Waals surface area (Å²) in [6.45, 7) is 1.66. The monoisotopic (exact) mass is 212 g/mol. The smallest absolute Gasteiger partial charge is 0.171 e. The van der Waals surface area contributed by atoms with Gasteiger partial charge in [0, 0.05) is 10.6 Å². The van der Waals surface area contributed by atoms with Gasteiger partial charge in [0.2, 0.25) is 0 Å². The molecule has 1 aliphatic rings. The Hall–Kier alpha value is -0.890. The molecule has 2 rings (SSSR count). The van der Waals surface area contributed by atoms with Crippen LogP contribution in [0.25, 0.3) is 0 Å². The Morgan fingerprint density at radius 3 is 2.43 bits per heavy atom. The van der Waals surface area contributed by atoms with Gasteiger partial charge in [-0.25, -0.2) is 4.39 Å². The van der Waals surface area contributed by atoms with Crippen LogP contribution in [0.4, 0.5) is 4.39 Å². The minimum absolute atomic E-state index is 0.123. The highest BCUT2D eigenvalue weighted by Crippen LogP contribution is 2.50. The van der Waals surface area contributed by atoms with Gasteiger partial charge in [-0.3, -0.25) is 4.79 Å². The molecule has 0 N–H and O–H groups in total. The average molecular weight is 213 g/mol. The van der Waals surface area contributed by atoms with Crippen LogP contribution in [0.5, 0.6) is 0 Å². The highest BCUT2D eigenvalue weighted by atomic mass is 35.5. The maximum Gasteiger partial charge on any atom is 0.171 e. The lowest BCUT2D eigenvalue weighted by atomic mass is 9.97. The van der Waals surface area contributed by atoms with Gasteiger partial charge in [-0.05, 0) is 37.6 Å². The molecule has 0 saturated heterocycles. The van der Waals surface area contributed by atoms with Crippen molar-refractivity contribution >= 4 is 17.4 Å². The third-order valence-electron chi connectivity index (χ3n) is 2.76. The Kier molecular flexibility index (Phi) is 2.11. The van der Waals surface area contributed by atoms with E-state index in [1.165, 1.54) is 0 Å². The maximum atomic E-state index is 12.9. The lowest BCUT2D eigenvalue weighted by molar-refractivity contribution is 0.0893. The molecule has 0 aliphatic heterocycles. The normalized spacial score (nSPS) is 30.1. The summed E-state index contributed by atoms with van der Waals surface area (Å²) in [5.41, 5.74) is -0.245. The summed E-state index contributed by atoms with van der Waals surface area (Å²) in [5.74, 6) is -0.123. The standard InChI is InChI=1S/C11H10ClFO/c1-11(6-9(11)13)10(14)7-2-4-8(12)5-3-7/h2-5,9H,6H2,1H3. The van der Waals surface area contributed by atoms with Gasteiger partial charge in [0.05, 0.1) is 5.41 Å². The van der Waals surface area contributed by atoms with E-state index in [0.717, 1.165) is 0 Å².